The van der Waals surface area contributed by atoms with E-state index < -0.39 is 44.6 Å². The van der Waals surface area contributed by atoms with Gasteiger partial charge in [-0.1, -0.05) is 29.8 Å². The van der Waals surface area contributed by atoms with E-state index in [1.807, 2.05) is 0 Å². The highest BCUT2D eigenvalue weighted by molar-refractivity contribution is 7.90. The first-order valence-corrected chi connectivity index (χ1v) is 8.55. The van der Waals surface area contributed by atoms with E-state index in [9.17, 15) is 22.3 Å². The quantitative estimate of drug-likeness (QED) is 0.904. The highest BCUT2D eigenvalue weighted by Crippen LogP contribution is 2.22. The van der Waals surface area contributed by atoms with Crippen LogP contribution in [0, 0.1) is 11.6 Å². The summed E-state index contributed by atoms with van der Waals surface area (Å²) in [5.41, 5.74) is -0.203. The highest BCUT2D eigenvalue weighted by Gasteiger charge is 2.22. The molecule has 1 unspecified atom stereocenters. The first kappa shape index (κ1) is 16.9. The molecule has 0 heterocycles. The maximum absolute atomic E-state index is 13.5. The van der Waals surface area contributed by atoms with E-state index in [1.54, 1.807) is 12.1 Å². The molecule has 2 aromatic rings. The van der Waals surface area contributed by atoms with Crippen LogP contribution in [0.3, 0.4) is 0 Å². The number of hydrogen-bond acceptors (Lipinski definition) is 3. The second-order valence-electron chi connectivity index (χ2n) is 4.83. The lowest BCUT2D eigenvalue weighted by Gasteiger charge is -2.12. The SMILES string of the molecule is O=S(=O)(Cc1c(F)cccc1F)CC(O)c1cccc(Cl)c1. The largest absolute Gasteiger partial charge is 0.387 e. The van der Waals surface area contributed by atoms with Crippen LogP contribution < -0.4 is 0 Å². The van der Waals surface area contributed by atoms with Gasteiger partial charge in [0.2, 0.25) is 0 Å². The third-order valence-corrected chi connectivity index (χ3v) is 4.86. The molecular weight excluding hydrogens is 334 g/mol. The number of halogens is 3. The monoisotopic (exact) mass is 346 g/mol. The molecule has 1 atom stereocenters. The van der Waals surface area contributed by atoms with Gasteiger partial charge in [-0.3, -0.25) is 0 Å². The Balaban J connectivity index is 2.18. The topological polar surface area (TPSA) is 54.4 Å². The van der Waals surface area contributed by atoms with Crippen molar-refractivity contribution in [1.82, 2.24) is 0 Å². The van der Waals surface area contributed by atoms with Crippen molar-refractivity contribution in [2.75, 3.05) is 5.75 Å². The summed E-state index contributed by atoms with van der Waals surface area (Å²) in [5, 5.41) is 10.3. The molecule has 2 aromatic carbocycles. The van der Waals surface area contributed by atoms with Crippen LogP contribution in [-0.2, 0) is 15.6 Å². The summed E-state index contributed by atoms with van der Waals surface area (Å²) in [7, 11) is -3.91. The minimum atomic E-state index is -3.91. The van der Waals surface area contributed by atoms with Crippen LogP contribution in [0.15, 0.2) is 42.5 Å². The van der Waals surface area contributed by atoms with Gasteiger partial charge in [-0.15, -0.1) is 0 Å². The van der Waals surface area contributed by atoms with Gasteiger partial charge in [0.05, 0.1) is 17.6 Å². The van der Waals surface area contributed by atoms with Crippen molar-refractivity contribution in [2.24, 2.45) is 0 Å². The normalized spacial score (nSPS) is 13.1. The Morgan fingerprint density at radius 2 is 1.68 bits per heavy atom. The van der Waals surface area contributed by atoms with E-state index in [1.165, 1.54) is 12.1 Å². The molecule has 3 nitrogen and oxygen atoms in total. The lowest BCUT2D eigenvalue weighted by Crippen LogP contribution is -2.17. The summed E-state index contributed by atoms with van der Waals surface area (Å²) in [6.07, 6.45) is -1.32. The molecular formula is C15H13ClF2O3S. The van der Waals surface area contributed by atoms with Crippen LogP contribution in [0.4, 0.5) is 8.78 Å². The third kappa shape index (κ3) is 4.25. The third-order valence-electron chi connectivity index (χ3n) is 3.07. The Morgan fingerprint density at radius 1 is 1.09 bits per heavy atom. The summed E-state index contributed by atoms with van der Waals surface area (Å²) < 4.78 is 51.1. The predicted octanol–water partition coefficient (Wildman–Crippen LogP) is 3.27. The van der Waals surface area contributed by atoms with Crippen molar-refractivity contribution >= 4 is 21.4 Å². The number of aliphatic hydroxyl groups is 1. The van der Waals surface area contributed by atoms with Gasteiger partial charge in [-0.2, -0.15) is 0 Å². The fraction of sp³-hybridized carbons (Fsp3) is 0.200. The molecule has 0 fully saturated rings. The van der Waals surface area contributed by atoms with E-state index in [4.69, 9.17) is 11.6 Å². The molecule has 0 aliphatic carbocycles. The lowest BCUT2D eigenvalue weighted by atomic mass is 10.1. The minimum absolute atomic E-state index is 0.324. The van der Waals surface area contributed by atoms with Gasteiger partial charge in [-0.05, 0) is 29.8 Å². The number of aliphatic hydroxyl groups excluding tert-OH is 1. The molecule has 0 saturated heterocycles. The maximum atomic E-state index is 13.5. The summed E-state index contributed by atoms with van der Waals surface area (Å²) in [6.45, 7) is 0. The van der Waals surface area contributed by atoms with Crippen molar-refractivity contribution in [3.8, 4) is 0 Å². The van der Waals surface area contributed by atoms with Crippen LogP contribution in [0.1, 0.15) is 17.2 Å². The average Bonchev–Trinajstić information content (AvgIpc) is 2.42. The highest BCUT2D eigenvalue weighted by atomic mass is 35.5. The van der Waals surface area contributed by atoms with E-state index in [0.717, 1.165) is 18.2 Å². The summed E-state index contributed by atoms with van der Waals surface area (Å²) in [5.74, 6) is -3.33. The van der Waals surface area contributed by atoms with Gasteiger partial charge in [0.25, 0.3) is 0 Å². The zero-order valence-electron chi connectivity index (χ0n) is 11.3. The van der Waals surface area contributed by atoms with E-state index in [2.05, 4.69) is 0 Å². The number of hydrogen-bond donors (Lipinski definition) is 1. The number of rotatable bonds is 5. The smallest absolute Gasteiger partial charge is 0.157 e. The van der Waals surface area contributed by atoms with Crippen LogP contribution >= 0.6 is 11.6 Å². The summed E-state index contributed by atoms with van der Waals surface area (Å²) >= 11 is 5.77. The molecule has 2 rings (SSSR count). The van der Waals surface area contributed by atoms with Gasteiger partial charge in [0.1, 0.15) is 11.6 Å². The second kappa shape index (κ2) is 6.73. The maximum Gasteiger partial charge on any atom is 0.157 e. The molecule has 22 heavy (non-hydrogen) atoms. The van der Waals surface area contributed by atoms with Crippen molar-refractivity contribution in [2.45, 2.75) is 11.9 Å². The molecule has 7 heteroatoms. The summed E-state index contributed by atoms with van der Waals surface area (Å²) in [6, 6.07) is 9.25. The zero-order chi connectivity index (χ0) is 16.3. The van der Waals surface area contributed by atoms with Crippen LogP contribution in [0.25, 0.3) is 0 Å². The number of sulfone groups is 1. The molecule has 0 aromatic heterocycles. The van der Waals surface area contributed by atoms with Crippen molar-refractivity contribution in [1.29, 1.82) is 0 Å². The van der Waals surface area contributed by atoms with E-state index in [-0.39, 0.29) is 0 Å². The molecule has 1 N–H and O–H groups in total. The van der Waals surface area contributed by atoms with Crippen molar-refractivity contribution < 1.29 is 22.3 Å². The first-order valence-electron chi connectivity index (χ1n) is 6.35. The fourth-order valence-corrected chi connectivity index (χ4v) is 3.71. The Labute approximate surface area is 132 Å². The zero-order valence-corrected chi connectivity index (χ0v) is 12.9. The Kier molecular flexibility index (Phi) is 5.16. The molecule has 0 amide bonds. The molecule has 118 valence electrons. The summed E-state index contributed by atoms with van der Waals surface area (Å²) in [4.78, 5) is 0. The standard InChI is InChI=1S/C15H13ClF2O3S/c16-11-4-1-3-10(7-11)15(19)9-22(20,21)8-12-13(17)5-2-6-14(12)18/h1-7,15,19H,8-9H2. The Morgan fingerprint density at radius 3 is 2.27 bits per heavy atom. The molecule has 0 saturated carbocycles. The molecule has 0 aliphatic rings. The van der Waals surface area contributed by atoms with E-state index >= 15 is 0 Å². The Hall–Kier alpha value is -1.50. The predicted molar refractivity (Wildman–Crippen MR) is 80.3 cm³/mol. The molecule has 0 radical (unpaired) electrons. The van der Waals surface area contributed by atoms with Gasteiger partial charge < -0.3 is 5.11 Å². The molecule has 0 spiro atoms. The second-order valence-corrected chi connectivity index (χ2v) is 7.37. The van der Waals surface area contributed by atoms with Crippen LogP contribution in [0.2, 0.25) is 5.02 Å². The van der Waals surface area contributed by atoms with Crippen LogP contribution in [-0.4, -0.2) is 19.3 Å². The van der Waals surface area contributed by atoms with Crippen molar-refractivity contribution in [3.05, 3.63) is 70.2 Å². The Bertz CT molecular complexity index is 758. The van der Waals surface area contributed by atoms with Crippen LogP contribution in [0.5, 0.6) is 0 Å². The lowest BCUT2D eigenvalue weighted by molar-refractivity contribution is 0.201. The fourth-order valence-electron chi connectivity index (χ4n) is 2.00. The first-order chi connectivity index (χ1) is 10.3. The number of benzene rings is 2. The minimum Gasteiger partial charge on any atom is -0.387 e. The molecule has 0 aliphatic heterocycles. The van der Waals surface area contributed by atoms with Gasteiger partial charge in [0, 0.05) is 10.6 Å². The van der Waals surface area contributed by atoms with E-state index in [0.29, 0.717) is 10.6 Å². The molecule has 0 bridgehead atoms. The average molecular weight is 347 g/mol. The van der Waals surface area contributed by atoms with Gasteiger partial charge in [0.15, 0.2) is 9.84 Å². The van der Waals surface area contributed by atoms with Gasteiger partial charge in [-0.25, -0.2) is 17.2 Å². The van der Waals surface area contributed by atoms with Crippen molar-refractivity contribution in [3.63, 3.8) is 0 Å². The van der Waals surface area contributed by atoms with Gasteiger partial charge >= 0.3 is 0 Å².